The van der Waals surface area contributed by atoms with Crippen molar-refractivity contribution in [3.8, 4) is 11.5 Å². The second-order valence-corrected chi connectivity index (χ2v) is 5.49. The van der Waals surface area contributed by atoms with Gasteiger partial charge >= 0.3 is 5.97 Å². The fourth-order valence-electron chi connectivity index (χ4n) is 2.38. The van der Waals surface area contributed by atoms with E-state index in [1.54, 1.807) is 50.6 Å². The number of carbonyl (C=O) groups excluding carboxylic acids is 1. The number of benzene rings is 2. The van der Waals surface area contributed by atoms with Crippen molar-refractivity contribution >= 4 is 29.4 Å². The maximum Gasteiger partial charge on any atom is 0.343 e. The van der Waals surface area contributed by atoms with Crippen molar-refractivity contribution in [1.82, 2.24) is 0 Å². The van der Waals surface area contributed by atoms with Gasteiger partial charge in [-0.3, -0.25) is 0 Å². The van der Waals surface area contributed by atoms with Gasteiger partial charge in [0.25, 0.3) is 0 Å². The molecule has 5 heteroatoms. The van der Waals surface area contributed by atoms with E-state index in [2.05, 4.69) is 0 Å². The molecule has 0 saturated heterocycles. The van der Waals surface area contributed by atoms with Gasteiger partial charge in [0.05, 0.1) is 25.4 Å². The Bertz CT molecular complexity index is 852. The number of hydrogen-bond donors (Lipinski definition) is 0. The molecule has 1 aliphatic rings. The molecule has 3 rings (SSSR count). The fourth-order valence-corrected chi connectivity index (χ4v) is 2.57. The van der Waals surface area contributed by atoms with Gasteiger partial charge in [0.2, 0.25) is 0 Å². The van der Waals surface area contributed by atoms with Crippen molar-refractivity contribution in [2.45, 2.75) is 0 Å². The molecule has 0 N–H and O–H groups in total. The van der Waals surface area contributed by atoms with E-state index >= 15 is 0 Å². The largest absolute Gasteiger partial charge is 0.497 e. The van der Waals surface area contributed by atoms with Crippen LogP contribution in [0.5, 0.6) is 11.5 Å². The minimum atomic E-state index is -0.428. The first-order valence-corrected chi connectivity index (χ1v) is 7.62. The van der Waals surface area contributed by atoms with E-state index in [4.69, 9.17) is 25.8 Å². The molecule has 0 saturated carbocycles. The molecule has 0 atom stereocenters. The summed E-state index contributed by atoms with van der Waals surface area (Å²) >= 11 is 6.13. The minimum Gasteiger partial charge on any atom is -0.497 e. The molecule has 0 spiro atoms. The van der Waals surface area contributed by atoms with Gasteiger partial charge in [-0.1, -0.05) is 29.8 Å². The summed E-state index contributed by atoms with van der Waals surface area (Å²) in [6, 6.07) is 12.6. The normalized spacial score (nSPS) is 15.2. The van der Waals surface area contributed by atoms with Crippen molar-refractivity contribution in [2.75, 3.05) is 14.2 Å². The lowest BCUT2D eigenvalue weighted by Crippen LogP contribution is -1.98. The van der Waals surface area contributed by atoms with E-state index in [9.17, 15) is 4.79 Å². The van der Waals surface area contributed by atoms with Gasteiger partial charge in [-0.15, -0.1) is 0 Å². The van der Waals surface area contributed by atoms with E-state index in [0.717, 1.165) is 5.56 Å². The third kappa shape index (κ3) is 3.14. The van der Waals surface area contributed by atoms with Crippen LogP contribution in [0.3, 0.4) is 0 Å². The molecule has 4 nitrogen and oxygen atoms in total. The van der Waals surface area contributed by atoms with Gasteiger partial charge in [-0.05, 0) is 35.9 Å². The third-order valence-electron chi connectivity index (χ3n) is 3.62. The molecule has 0 aromatic heterocycles. The number of cyclic esters (lactones) is 1. The number of carbonyl (C=O) groups is 1. The van der Waals surface area contributed by atoms with Crippen LogP contribution in [0.4, 0.5) is 0 Å². The molecule has 1 heterocycles. The SMILES string of the molecule is COc1ccc(C2=CC(=Cc3ccccc3Cl)C(=O)O2)c(OC)c1. The Morgan fingerprint density at radius 3 is 2.58 bits per heavy atom. The third-order valence-corrected chi connectivity index (χ3v) is 3.96. The summed E-state index contributed by atoms with van der Waals surface area (Å²) in [4.78, 5) is 12.1. The Kier molecular flexibility index (Phi) is 4.58. The van der Waals surface area contributed by atoms with Gasteiger partial charge in [0, 0.05) is 11.1 Å². The molecule has 0 aliphatic carbocycles. The molecule has 1 aliphatic heterocycles. The molecule has 0 fully saturated rings. The molecule has 0 bridgehead atoms. The van der Waals surface area contributed by atoms with Crippen LogP contribution in [0, 0.1) is 0 Å². The number of ether oxygens (including phenoxy) is 3. The van der Waals surface area contributed by atoms with Gasteiger partial charge in [-0.25, -0.2) is 4.79 Å². The lowest BCUT2D eigenvalue weighted by atomic mass is 10.1. The number of methoxy groups -OCH3 is 2. The average molecular weight is 343 g/mol. The lowest BCUT2D eigenvalue weighted by Gasteiger charge is -2.10. The van der Waals surface area contributed by atoms with E-state index in [1.807, 2.05) is 18.2 Å². The van der Waals surface area contributed by atoms with Crippen LogP contribution in [0.15, 0.2) is 54.1 Å². The summed E-state index contributed by atoms with van der Waals surface area (Å²) in [5.41, 5.74) is 1.86. The van der Waals surface area contributed by atoms with Crippen LogP contribution in [-0.4, -0.2) is 20.2 Å². The molecule has 2 aromatic rings. The molecule has 0 radical (unpaired) electrons. The Morgan fingerprint density at radius 2 is 1.88 bits per heavy atom. The summed E-state index contributed by atoms with van der Waals surface area (Å²) in [6.45, 7) is 0. The highest BCUT2D eigenvalue weighted by molar-refractivity contribution is 6.32. The van der Waals surface area contributed by atoms with Crippen molar-refractivity contribution in [1.29, 1.82) is 0 Å². The first-order valence-electron chi connectivity index (χ1n) is 7.25. The van der Waals surface area contributed by atoms with Gasteiger partial charge in [-0.2, -0.15) is 0 Å². The smallest absolute Gasteiger partial charge is 0.343 e. The Balaban J connectivity index is 1.99. The molecule has 122 valence electrons. The maximum atomic E-state index is 12.1. The van der Waals surface area contributed by atoms with Crippen molar-refractivity contribution < 1.29 is 19.0 Å². The zero-order valence-electron chi connectivity index (χ0n) is 13.2. The van der Waals surface area contributed by atoms with Gasteiger partial charge in [0.15, 0.2) is 0 Å². The molecule has 0 unspecified atom stereocenters. The monoisotopic (exact) mass is 342 g/mol. The predicted octanol–water partition coefficient (Wildman–Crippen LogP) is 4.34. The van der Waals surface area contributed by atoms with Crippen molar-refractivity contribution in [3.63, 3.8) is 0 Å². The summed E-state index contributed by atoms with van der Waals surface area (Å²) < 4.78 is 15.9. The topological polar surface area (TPSA) is 44.8 Å². The van der Waals surface area contributed by atoms with Crippen molar-refractivity contribution in [3.05, 3.63) is 70.3 Å². The van der Waals surface area contributed by atoms with Gasteiger partial charge < -0.3 is 14.2 Å². The second kappa shape index (κ2) is 6.81. The van der Waals surface area contributed by atoms with Crippen LogP contribution in [0.25, 0.3) is 11.8 Å². The second-order valence-electron chi connectivity index (χ2n) is 5.09. The zero-order valence-corrected chi connectivity index (χ0v) is 14.0. The maximum absolute atomic E-state index is 12.1. The average Bonchev–Trinajstić information content (AvgIpc) is 2.96. The molecule has 0 amide bonds. The highest BCUT2D eigenvalue weighted by Crippen LogP contribution is 2.35. The molecular weight excluding hydrogens is 328 g/mol. The standard InChI is InChI=1S/C19H15ClO4/c1-22-14-7-8-15(17(11-14)23-2)18-10-13(19(21)24-18)9-12-5-3-4-6-16(12)20/h3-11H,1-2H3. The number of rotatable bonds is 4. The molecule has 24 heavy (non-hydrogen) atoms. The van der Waals surface area contributed by atoms with Gasteiger partial charge in [0.1, 0.15) is 17.3 Å². The highest BCUT2D eigenvalue weighted by Gasteiger charge is 2.24. The number of halogens is 1. The number of hydrogen-bond acceptors (Lipinski definition) is 4. The zero-order chi connectivity index (χ0) is 17.1. The summed E-state index contributed by atoms with van der Waals surface area (Å²) in [7, 11) is 3.13. The molecule has 2 aromatic carbocycles. The van der Waals surface area contributed by atoms with Crippen LogP contribution in [0.1, 0.15) is 11.1 Å². The highest BCUT2D eigenvalue weighted by atomic mass is 35.5. The van der Waals surface area contributed by atoms with E-state index in [1.165, 1.54) is 0 Å². The Morgan fingerprint density at radius 1 is 1.08 bits per heavy atom. The van der Waals surface area contributed by atoms with E-state index in [-0.39, 0.29) is 0 Å². The first-order chi connectivity index (χ1) is 11.6. The first kappa shape index (κ1) is 16.1. The van der Waals surface area contributed by atoms with E-state index in [0.29, 0.717) is 33.4 Å². The van der Waals surface area contributed by atoms with E-state index < -0.39 is 5.97 Å². The van der Waals surface area contributed by atoms with Crippen LogP contribution in [0.2, 0.25) is 5.02 Å². The summed E-state index contributed by atoms with van der Waals surface area (Å²) in [5, 5.41) is 0.571. The Labute approximate surface area is 144 Å². The Hall–Kier alpha value is -2.72. The van der Waals surface area contributed by atoms with Crippen molar-refractivity contribution in [2.24, 2.45) is 0 Å². The van der Waals surface area contributed by atoms with Crippen LogP contribution < -0.4 is 9.47 Å². The number of esters is 1. The van der Waals surface area contributed by atoms with Crippen LogP contribution in [-0.2, 0) is 9.53 Å². The minimum absolute atomic E-state index is 0.427. The quantitative estimate of drug-likeness (QED) is 0.612. The molecular formula is C19H15ClO4. The predicted molar refractivity (Wildman–Crippen MR) is 93.0 cm³/mol. The van der Waals surface area contributed by atoms with Crippen LogP contribution >= 0.6 is 11.6 Å². The lowest BCUT2D eigenvalue weighted by molar-refractivity contribution is -0.130. The fraction of sp³-hybridized carbons (Fsp3) is 0.105. The summed E-state index contributed by atoms with van der Waals surface area (Å²) in [6.07, 6.45) is 3.38. The summed E-state index contributed by atoms with van der Waals surface area (Å²) in [5.74, 6) is 1.22.